The van der Waals surface area contributed by atoms with E-state index in [1.807, 2.05) is 21.6 Å². The molecule has 1 aliphatic rings. The maximum atomic E-state index is 5.33. The minimum Gasteiger partial charge on any atom is -0.337 e. The van der Waals surface area contributed by atoms with E-state index in [-0.39, 0.29) is 4.75 Å². The van der Waals surface area contributed by atoms with E-state index in [4.69, 9.17) is 16.3 Å². The largest absolute Gasteiger partial charge is 0.337 e. The minimum absolute atomic E-state index is 0.264. The van der Waals surface area contributed by atoms with Crippen molar-refractivity contribution < 1.29 is 4.52 Å². The van der Waals surface area contributed by atoms with Crippen LogP contribution in [0.3, 0.4) is 0 Å². The van der Waals surface area contributed by atoms with E-state index in [2.05, 4.69) is 33.0 Å². The minimum atomic E-state index is -1.92. The summed E-state index contributed by atoms with van der Waals surface area (Å²) in [4.78, 5) is 0. The molecule has 0 saturated carbocycles. The Kier molecular flexibility index (Phi) is 5.14. The fourth-order valence-electron chi connectivity index (χ4n) is 1.26. The van der Waals surface area contributed by atoms with Crippen LogP contribution in [0.2, 0.25) is 0 Å². The first-order chi connectivity index (χ1) is 6.28. The molecule has 0 N–H and O–H groups in total. The van der Waals surface area contributed by atoms with Crippen LogP contribution in [0.25, 0.3) is 0 Å². The molecule has 1 nitrogen and oxygen atoms in total. The fourth-order valence-corrected chi connectivity index (χ4v) is 10.8. The van der Waals surface area contributed by atoms with Crippen LogP contribution in [0.15, 0.2) is 0 Å². The quantitative estimate of drug-likeness (QED) is 0.467. The van der Waals surface area contributed by atoms with E-state index < -0.39 is 4.67 Å². The van der Waals surface area contributed by atoms with E-state index in [1.165, 1.54) is 0 Å². The highest BCUT2D eigenvalue weighted by Gasteiger charge is 2.44. The Morgan fingerprint density at radius 2 is 2.14 bits per heavy atom. The normalized spacial score (nSPS) is 35.5. The molecule has 0 amide bonds. The smallest absolute Gasteiger partial charge is 0.171 e. The van der Waals surface area contributed by atoms with Gasteiger partial charge >= 0.3 is 0 Å². The number of hydrogen-bond acceptors (Lipinski definition) is 5. The van der Waals surface area contributed by atoms with Crippen molar-refractivity contribution in [3.05, 3.63) is 0 Å². The van der Waals surface area contributed by atoms with Crippen LogP contribution in [0, 0.1) is 0 Å². The van der Waals surface area contributed by atoms with Crippen LogP contribution in [-0.2, 0) is 16.3 Å². The average Bonchev–Trinajstić information content (AvgIpc) is 2.32. The van der Waals surface area contributed by atoms with E-state index in [0.29, 0.717) is 10.5 Å². The van der Waals surface area contributed by atoms with E-state index in [9.17, 15) is 0 Å². The van der Waals surface area contributed by atoms with Crippen LogP contribution in [0.4, 0.5) is 0 Å². The van der Waals surface area contributed by atoms with Crippen molar-refractivity contribution in [2.45, 2.75) is 36.0 Å². The second-order valence-electron chi connectivity index (χ2n) is 3.67. The maximum Gasteiger partial charge on any atom is 0.171 e. The Balaban J connectivity index is 2.72. The Labute approximate surface area is 109 Å². The molecular formula is C7H15OPS5. The summed E-state index contributed by atoms with van der Waals surface area (Å²) in [5.74, 6) is 0. The first kappa shape index (κ1) is 14.1. The van der Waals surface area contributed by atoms with Gasteiger partial charge in [0.25, 0.3) is 0 Å². The summed E-state index contributed by atoms with van der Waals surface area (Å²) in [5, 5.41) is 1.14. The molecule has 84 valence electrons. The van der Waals surface area contributed by atoms with Crippen LogP contribution >= 0.6 is 49.9 Å². The molecule has 0 aliphatic carbocycles. The molecule has 0 spiro atoms. The van der Waals surface area contributed by atoms with Gasteiger partial charge in [-0.2, -0.15) is 0 Å². The maximum absolute atomic E-state index is 5.33. The van der Waals surface area contributed by atoms with Crippen molar-refractivity contribution in [3.63, 3.8) is 0 Å². The number of thiol groups is 1. The standard InChI is InChI=1S/C7H15OPS5/c1-5-6(7(2,3)14-13-5)12-9(10,11)8-4/h5-6H,1-4H3,(H,10,11)/t5-,6+/m0/s1. The highest BCUT2D eigenvalue weighted by Crippen LogP contribution is 2.70. The van der Waals surface area contributed by atoms with Gasteiger partial charge in [-0.1, -0.05) is 39.9 Å². The van der Waals surface area contributed by atoms with Gasteiger partial charge in [0.05, 0.1) is 0 Å². The van der Waals surface area contributed by atoms with E-state index >= 15 is 0 Å². The molecule has 0 radical (unpaired) electrons. The monoisotopic (exact) mass is 306 g/mol. The third-order valence-corrected chi connectivity index (χ3v) is 12.6. The van der Waals surface area contributed by atoms with Crippen molar-refractivity contribution in [1.29, 1.82) is 0 Å². The summed E-state index contributed by atoms with van der Waals surface area (Å²) in [6, 6.07) is 0. The molecule has 1 unspecified atom stereocenters. The summed E-state index contributed by atoms with van der Waals surface area (Å²) >= 11 is 11.5. The lowest BCUT2D eigenvalue weighted by molar-refractivity contribution is 0.480. The Bertz CT molecular complexity index is 256. The summed E-state index contributed by atoms with van der Waals surface area (Å²) in [6.07, 6.45) is 0. The second kappa shape index (κ2) is 5.11. The molecule has 1 rings (SSSR count). The van der Waals surface area contributed by atoms with Crippen LogP contribution in [0.1, 0.15) is 20.8 Å². The van der Waals surface area contributed by atoms with Crippen LogP contribution in [0.5, 0.6) is 0 Å². The number of rotatable bonds is 3. The van der Waals surface area contributed by atoms with Gasteiger partial charge in [-0.15, -0.1) is 12.2 Å². The van der Waals surface area contributed by atoms with Crippen molar-refractivity contribution >= 4 is 61.7 Å². The Morgan fingerprint density at radius 1 is 1.57 bits per heavy atom. The lowest BCUT2D eigenvalue weighted by atomic mass is 10.1. The van der Waals surface area contributed by atoms with Gasteiger partial charge in [-0.05, 0) is 25.7 Å². The van der Waals surface area contributed by atoms with Gasteiger partial charge in [0.2, 0.25) is 0 Å². The zero-order valence-electron chi connectivity index (χ0n) is 8.59. The predicted octanol–water partition coefficient (Wildman–Crippen LogP) is 4.45. The van der Waals surface area contributed by atoms with Gasteiger partial charge in [0, 0.05) is 22.4 Å². The van der Waals surface area contributed by atoms with Crippen molar-refractivity contribution in [1.82, 2.24) is 0 Å². The first-order valence-electron chi connectivity index (χ1n) is 4.20. The third kappa shape index (κ3) is 3.51. The van der Waals surface area contributed by atoms with Gasteiger partial charge in [-0.3, -0.25) is 0 Å². The molecule has 1 heterocycles. The van der Waals surface area contributed by atoms with E-state index in [1.54, 1.807) is 18.5 Å². The zero-order valence-corrected chi connectivity index (χ0v) is 13.6. The lowest BCUT2D eigenvalue weighted by Crippen LogP contribution is -2.30. The van der Waals surface area contributed by atoms with Gasteiger partial charge < -0.3 is 4.52 Å². The molecule has 1 saturated heterocycles. The Morgan fingerprint density at radius 3 is 2.50 bits per heavy atom. The molecule has 1 fully saturated rings. The molecular weight excluding hydrogens is 291 g/mol. The van der Waals surface area contributed by atoms with Crippen molar-refractivity contribution in [3.8, 4) is 0 Å². The van der Waals surface area contributed by atoms with Gasteiger partial charge in [0.15, 0.2) is 4.67 Å². The van der Waals surface area contributed by atoms with Gasteiger partial charge in [-0.25, -0.2) is 0 Å². The molecule has 0 aromatic rings. The van der Waals surface area contributed by atoms with E-state index in [0.717, 1.165) is 0 Å². The lowest BCUT2D eigenvalue weighted by Gasteiger charge is -2.29. The van der Waals surface area contributed by atoms with Crippen molar-refractivity contribution in [2.75, 3.05) is 7.11 Å². The van der Waals surface area contributed by atoms with Crippen molar-refractivity contribution in [2.24, 2.45) is 0 Å². The van der Waals surface area contributed by atoms with Gasteiger partial charge in [0.1, 0.15) is 0 Å². The summed E-state index contributed by atoms with van der Waals surface area (Å²) < 4.78 is 3.62. The average molecular weight is 307 g/mol. The second-order valence-corrected chi connectivity index (χ2v) is 16.6. The fraction of sp³-hybridized carbons (Fsp3) is 1.00. The van der Waals surface area contributed by atoms with Crippen LogP contribution in [-0.4, -0.2) is 22.4 Å². The molecule has 14 heavy (non-hydrogen) atoms. The molecule has 1 aliphatic heterocycles. The highest BCUT2D eigenvalue weighted by atomic mass is 33.2. The molecule has 3 atom stereocenters. The topological polar surface area (TPSA) is 9.23 Å². The third-order valence-electron chi connectivity index (χ3n) is 2.00. The molecule has 0 bridgehead atoms. The zero-order chi connectivity index (χ0) is 11.0. The predicted molar refractivity (Wildman–Crippen MR) is 80.4 cm³/mol. The summed E-state index contributed by atoms with van der Waals surface area (Å²) in [7, 11) is 5.55. The molecule has 7 heteroatoms. The summed E-state index contributed by atoms with van der Waals surface area (Å²) in [5.41, 5.74) is 0. The number of hydrogen-bond donors (Lipinski definition) is 1. The first-order valence-corrected chi connectivity index (χ1v) is 11.8. The molecule has 0 aromatic heterocycles. The SMILES string of the molecule is COP(=S)(S)S[C@@H]1[C@H](C)SSC1(C)C. The Hall–Kier alpha value is 2.01. The summed E-state index contributed by atoms with van der Waals surface area (Å²) in [6.45, 7) is 6.79. The highest BCUT2D eigenvalue weighted by molar-refractivity contribution is 8.95. The van der Waals surface area contributed by atoms with Crippen LogP contribution < -0.4 is 0 Å². The molecule has 0 aromatic carbocycles.